The summed E-state index contributed by atoms with van der Waals surface area (Å²) in [7, 11) is 1.85. The summed E-state index contributed by atoms with van der Waals surface area (Å²) in [5.41, 5.74) is 1.28. The third kappa shape index (κ3) is 3.25. The third-order valence-electron chi connectivity index (χ3n) is 3.89. The summed E-state index contributed by atoms with van der Waals surface area (Å²) in [6.07, 6.45) is 2.51. The van der Waals surface area contributed by atoms with Gasteiger partial charge in [0.1, 0.15) is 5.82 Å². The van der Waals surface area contributed by atoms with Crippen LogP contribution in [0, 0.1) is 11.3 Å². The van der Waals surface area contributed by atoms with Gasteiger partial charge in [-0.1, -0.05) is 26.8 Å². The second-order valence-corrected chi connectivity index (χ2v) is 6.34. The fourth-order valence-electron chi connectivity index (χ4n) is 2.39. The first-order chi connectivity index (χ1) is 8.90. The van der Waals surface area contributed by atoms with Crippen LogP contribution >= 0.6 is 0 Å². The van der Waals surface area contributed by atoms with Crippen molar-refractivity contribution in [2.75, 3.05) is 18.9 Å². The molecule has 0 saturated carbocycles. The molecule has 4 nitrogen and oxygen atoms in total. The first kappa shape index (κ1) is 13.8. The number of anilines is 1. The van der Waals surface area contributed by atoms with Crippen molar-refractivity contribution in [3.63, 3.8) is 0 Å². The van der Waals surface area contributed by atoms with Crippen LogP contribution in [0.4, 0.5) is 5.82 Å². The van der Waals surface area contributed by atoms with E-state index in [2.05, 4.69) is 31.1 Å². The molecule has 4 heteroatoms. The summed E-state index contributed by atoms with van der Waals surface area (Å²) in [5.74, 6) is 1.56. The number of aromatic nitrogens is 1. The van der Waals surface area contributed by atoms with Gasteiger partial charge < -0.3 is 10.2 Å². The molecule has 1 N–H and O–H groups in total. The standard InChI is InChI=1S/C15H23N3O/c1-15(2,3)12-7-14(19)18(10-12)9-11-5-6-13(16-4)17-8-11/h5-6,8,12H,7,9-10H2,1-4H3,(H,16,17). The molecular formula is C15H23N3O. The SMILES string of the molecule is CNc1ccc(CN2CC(C(C)(C)C)CC2=O)cn1. The maximum atomic E-state index is 12.1. The molecule has 1 aromatic rings. The average Bonchev–Trinajstić information content (AvgIpc) is 2.72. The number of carbonyl (C=O) groups is 1. The Hall–Kier alpha value is -1.58. The molecule has 2 rings (SSSR count). The molecule has 0 aliphatic carbocycles. The quantitative estimate of drug-likeness (QED) is 0.909. The van der Waals surface area contributed by atoms with E-state index >= 15 is 0 Å². The van der Waals surface area contributed by atoms with E-state index in [1.807, 2.05) is 30.3 Å². The summed E-state index contributed by atoms with van der Waals surface area (Å²) >= 11 is 0. The van der Waals surface area contributed by atoms with Gasteiger partial charge in [0.15, 0.2) is 0 Å². The van der Waals surface area contributed by atoms with Gasteiger partial charge >= 0.3 is 0 Å². The first-order valence-corrected chi connectivity index (χ1v) is 6.80. The van der Waals surface area contributed by atoms with Crippen LogP contribution in [0.15, 0.2) is 18.3 Å². The minimum atomic E-state index is 0.193. The monoisotopic (exact) mass is 261 g/mol. The van der Waals surface area contributed by atoms with Gasteiger partial charge in [0.2, 0.25) is 5.91 Å². The van der Waals surface area contributed by atoms with Crippen LogP contribution < -0.4 is 5.32 Å². The van der Waals surface area contributed by atoms with Gasteiger partial charge in [-0.3, -0.25) is 4.79 Å². The number of likely N-dealkylation sites (tertiary alicyclic amines) is 1. The molecule has 1 fully saturated rings. The highest BCUT2D eigenvalue weighted by Gasteiger charge is 2.36. The minimum Gasteiger partial charge on any atom is -0.373 e. The van der Waals surface area contributed by atoms with Crippen LogP contribution in [0.1, 0.15) is 32.8 Å². The Balaban J connectivity index is 2.01. The van der Waals surface area contributed by atoms with Crippen molar-refractivity contribution in [2.24, 2.45) is 11.3 Å². The van der Waals surface area contributed by atoms with Crippen LogP contribution in [0.3, 0.4) is 0 Å². The zero-order valence-electron chi connectivity index (χ0n) is 12.2. The van der Waals surface area contributed by atoms with Gasteiger partial charge in [-0.05, 0) is 23.0 Å². The lowest BCUT2D eigenvalue weighted by Gasteiger charge is -2.26. The highest BCUT2D eigenvalue weighted by Crippen LogP contribution is 2.34. The maximum Gasteiger partial charge on any atom is 0.223 e. The summed E-state index contributed by atoms with van der Waals surface area (Å²) in [6, 6.07) is 3.97. The molecule has 0 radical (unpaired) electrons. The Morgan fingerprint density at radius 3 is 2.63 bits per heavy atom. The van der Waals surface area contributed by atoms with Crippen molar-refractivity contribution in [3.05, 3.63) is 23.9 Å². The molecule has 1 saturated heterocycles. The second-order valence-electron chi connectivity index (χ2n) is 6.34. The predicted octanol–water partition coefficient (Wildman–Crippen LogP) is 2.52. The van der Waals surface area contributed by atoms with E-state index in [9.17, 15) is 4.79 Å². The van der Waals surface area contributed by atoms with Gasteiger partial charge in [0.25, 0.3) is 0 Å². The van der Waals surface area contributed by atoms with Crippen LogP contribution in [0.5, 0.6) is 0 Å². The molecular weight excluding hydrogens is 238 g/mol. The Kier molecular flexibility index (Phi) is 3.78. The lowest BCUT2D eigenvalue weighted by molar-refractivity contribution is -0.128. The number of amides is 1. The number of nitrogens with one attached hydrogen (secondary N) is 1. The lowest BCUT2D eigenvalue weighted by Crippen LogP contribution is -2.27. The van der Waals surface area contributed by atoms with Gasteiger partial charge in [-0.15, -0.1) is 0 Å². The van der Waals surface area contributed by atoms with Crippen LogP contribution in [0.2, 0.25) is 0 Å². The van der Waals surface area contributed by atoms with Crippen molar-refractivity contribution in [3.8, 4) is 0 Å². The van der Waals surface area contributed by atoms with Crippen LogP contribution in [-0.4, -0.2) is 29.4 Å². The van der Waals surface area contributed by atoms with Crippen LogP contribution in [0.25, 0.3) is 0 Å². The Bertz CT molecular complexity index is 447. The zero-order chi connectivity index (χ0) is 14.0. The highest BCUT2D eigenvalue weighted by molar-refractivity contribution is 5.78. The van der Waals surface area contributed by atoms with Crippen molar-refractivity contribution in [2.45, 2.75) is 33.7 Å². The number of pyridine rings is 1. The smallest absolute Gasteiger partial charge is 0.223 e. The molecule has 1 unspecified atom stereocenters. The van der Waals surface area contributed by atoms with E-state index in [4.69, 9.17) is 0 Å². The molecule has 1 aromatic heterocycles. The Labute approximate surface area is 115 Å². The van der Waals surface area contributed by atoms with E-state index < -0.39 is 0 Å². The highest BCUT2D eigenvalue weighted by atomic mass is 16.2. The molecule has 0 spiro atoms. The fourth-order valence-corrected chi connectivity index (χ4v) is 2.39. The number of hydrogen-bond acceptors (Lipinski definition) is 3. The van der Waals surface area contributed by atoms with E-state index in [1.54, 1.807) is 0 Å². The fraction of sp³-hybridized carbons (Fsp3) is 0.600. The molecule has 104 valence electrons. The summed E-state index contributed by atoms with van der Waals surface area (Å²) in [4.78, 5) is 18.3. The van der Waals surface area contributed by atoms with Crippen molar-refractivity contribution < 1.29 is 4.79 Å². The normalized spacial score (nSPS) is 19.9. The van der Waals surface area contributed by atoms with E-state index in [1.165, 1.54) is 0 Å². The summed E-state index contributed by atoms with van der Waals surface area (Å²) in [6.45, 7) is 8.14. The first-order valence-electron chi connectivity index (χ1n) is 6.80. The van der Waals surface area contributed by atoms with Crippen LogP contribution in [-0.2, 0) is 11.3 Å². The van der Waals surface area contributed by atoms with Gasteiger partial charge in [0, 0.05) is 32.8 Å². The lowest BCUT2D eigenvalue weighted by atomic mass is 9.80. The third-order valence-corrected chi connectivity index (χ3v) is 3.89. The molecule has 1 atom stereocenters. The number of hydrogen-bond donors (Lipinski definition) is 1. The zero-order valence-corrected chi connectivity index (χ0v) is 12.2. The second kappa shape index (κ2) is 5.19. The van der Waals surface area contributed by atoms with Crippen molar-refractivity contribution in [1.29, 1.82) is 0 Å². The molecule has 2 heterocycles. The van der Waals surface area contributed by atoms with E-state index in [0.717, 1.165) is 17.9 Å². The minimum absolute atomic E-state index is 0.193. The average molecular weight is 261 g/mol. The molecule has 0 aromatic carbocycles. The maximum absolute atomic E-state index is 12.1. The number of carbonyl (C=O) groups excluding carboxylic acids is 1. The van der Waals surface area contributed by atoms with E-state index in [-0.39, 0.29) is 11.3 Å². The molecule has 0 bridgehead atoms. The predicted molar refractivity (Wildman–Crippen MR) is 76.8 cm³/mol. The number of nitrogens with zero attached hydrogens (tertiary/aromatic N) is 2. The Morgan fingerprint density at radius 2 is 2.16 bits per heavy atom. The van der Waals surface area contributed by atoms with E-state index in [0.29, 0.717) is 18.9 Å². The molecule has 1 aliphatic heterocycles. The number of rotatable bonds is 3. The topological polar surface area (TPSA) is 45.2 Å². The summed E-state index contributed by atoms with van der Waals surface area (Å²) in [5, 5.41) is 2.99. The van der Waals surface area contributed by atoms with Crippen molar-refractivity contribution >= 4 is 11.7 Å². The molecule has 1 amide bonds. The van der Waals surface area contributed by atoms with Gasteiger partial charge in [-0.2, -0.15) is 0 Å². The van der Waals surface area contributed by atoms with Gasteiger partial charge in [-0.25, -0.2) is 4.98 Å². The molecule has 19 heavy (non-hydrogen) atoms. The molecule has 1 aliphatic rings. The van der Waals surface area contributed by atoms with Gasteiger partial charge in [0.05, 0.1) is 0 Å². The largest absolute Gasteiger partial charge is 0.373 e. The van der Waals surface area contributed by atoms with Crippen molar-refractivity contribution in [1.82, 2.24) is 9.88 Å². The Morgan fingerprint density at radius 1 is 1.42 bits per heavy atom. The summed E-state index contributed by atoms with van der Waals surface area (Å²) < 4.78 is 0.